The molecule has 0 saturated heterocycles. The van der Waals surface area contributed by atoms with E-state index in [0.717, 1.165) is 19.4 Å². The average molecular weight is 230 g/mol. The van der Waals surface area contributed by atoms with Gasteiger partial charge < -0.3 is 5.32 Å². The molecule has 0 aliphatic carbocycles. The molecule has 1 rings (SSSR count). The maximum absolute atomic E-state index is 8.47. The molecule has 0 bridgehead atoms. The molecule has 0 saturated carbocycles. The molecule has 17 heavy (non-hydrogen) atoms. The summed E-state index contributed by atoms with van der Waals surface area (Å²) in [5.41, 5.74) is 1.35. The summed E-state index contributed by atoms with van der Waals surface area (Å²) < 4.78 is 0. The predicted molar refractivity (Wildman–Crippen MR) is 71.5 cm³/mol. The van der Waals surface area contributed by atoms with Crippen molar-refractivity contribution < 1.29 is 0 Å². The first-order valence-electron chi connectivity index (χ1n) is 6.41. The first kappa shape index (κ1) is 13.7. The van der Waals surface area contributed by atoms with E-state index < -0.39 is 0 Å². The molecule has 1 unspecified atom stereocenters. The summed E-state index contributed by atoms with van der Waals surface area (Å²) in [6.45, 7) is 5.46. The molecule has 0 amide bonds. The number of benzene rings is 1. The molecule has 2 nitrogen and oxygen atoms in total. The van der Waals surface area contributed by atoms with Gasteiger partial charge in [-0.25, -0.2) is 0 Å². The third-order valence-electron chi connectivity index (χ3n) is 2.90. The van der Waals surface area contributed by atoms with Crippen LogP contribution in [-0.2, 0) is 0 Å². The SMILES string of the molecule is CC(C)C(NCCCCC#N)c1ccccc1. The van der Waals surface area contributed by atoms with Crippen molar-refractivity contribution >= 4 is 0 Å². The fraction of sp³-hybridized carbons (Fsp3) is 0.533. The minimum atomic E-state index is 0.415. The molecule has 0 fully saturated rings. The van der Waals surface area contributed by atoms with Crippen molar-refractivity contribution in [3.8, 4) is 6.07 Å². The van der Waals surface area contributed by atoms with Crippen LogP contribution in [0.5, 0.6) is 0 Å². The van der Waals surface area contributed by atoms with Crippen LogP contribution < -0.4 is 5.32 Å². The first-order chi connectivity index (χ1) is 8.25. The summed E-state index contributed by atoms with van der Waals surface area (Å²) in [6, 6.07) is 13.2. The molecule has 0 aliphatic heterocycles. The van der Waals surface area contributed by atoms with Gasteiger partial charge in [-0.05, 0) is 30.9 Å². The Kier molecular flexibility index (Phi) is 6.35. The van der Waals surface area contributed by atoms with Crippen LogP contribution in [0.3, 0.4) is 0 Å². The fourth-order valence-electron chi connectivity index (χ4n) is 1.99. The second-order valence-electron chi connectivity index (χ2n) is 4.70. The summed E-state index contributed by atoms with van der Waals surface area (Å²) in [4.78, 5) is 0. The smallest absolute Gasteiger partial charge is 0.0621 e. The van der Waals surface area contributed by atoms with Gasteiger partial charge in [0.05, 0.1) is 6.07 Å². The number of unbranched alkanes of at least 4 members (excludes halogenated alkanes) is 2. The van der Waals surface area contributed by atoms with Crippen molar-refractivity contribution in [2.24, 2.45) is 5.92 Å². The van der Waals surface area contributed by atoms with Crippen LogP contribution in [0.2, 0.25) is 0 Å². The van der Waals surface area contributed by atoms with Crippen molar-refractivity contribution in [2.75, 3.05) is 6.54 Å². The van der Waals surface area contributed by atoms with E-state index in [-0.39, 0.29) is 0 Å². The third-order valence-corrected chi connectivity index (χ3v) is 2.90. The van der Waals surface area contributed by atoms with Gasteiger partial charge in [-0.1, -0.05) is 44.2 Å². The van der Waals surface area contributed by atoms with Crippen LogP contribution in [0.4, 0.5) is 0 Å². The quantitative estimate of drug-likeness (QED) is 0.725. The highest BCUT2D eigenvalue weighted by molar-refractivity contribution is 5.19. The van der Waals surface area contributed by atoms with Crippen molar-refractivity contribution in [2.45, 2.75) is 39.2 Å². The summed E-state index contributed by atoms with van der Waals surface area (Å²) in [5.74, 6) is 0.577. The van der Waals surface area contributed by atoms with Gasteiger partial charge in [0.1, 0.15) is 0 Å². The Hall–Kier alpha value is -1.33. The van der Waals surface area contributed by atoms with Crippen molar-refractivity contribution in [3.63, 3.8) is 0 Å². The van der Waals surface area contributed by atoms with E-state index in [1.165, 1.54) is 5.56 Å². The van der Waals surface area contributed by atoms with Gasteiger partial charge in [0, 0.05) is 12.5 Å². The monoisotopic (exact) mass is 230 g/mol. The maximum Gasteiger partial charge on any atom is 0.0621 e. The highest BCUT2D eigenvalue weighted by Gasteiger charge is 2.13. The minimum Gasteiger partial charge on any atom is -0.310 e. The Morgan fingerprint density at radius 2 is 1.88 bits per heavy atom. The number of rotatable bonds is 7. The molecule has 0 aromatic heterocycles. The van der Waals surface area contributed by atoms with Crippen molar-refractivity contribution in [3.05, 3.63) is 35.9 Å². The average Bonchev–Trinajstić information content (AvgIpc) is 2.34. The molecule has 0 radical (unpaired) electrons. The molecule has 1 aromatic rings. The van der Waals surface area contributed by atoms with Gasteiger partial charge in [0.15, 0.2) is 0 Å². The van der Waals surface area contributed by atoms with E-state index in [9.17, 15) is 0 Å². The second-order valence-corrected chi connectivity index (χ2v) is 4.70. The van der Waals surface area contributed by atoms with Crippen molar-refractivity contribution in [1.29, 1.82) is 5.26 Å². The Labute approximate surface area is 105 Å². The molecular weight excluding hydrogens is 208 g/mol. The normalized spacial score (nSPS) is 12.4. The Bertz CT molecular complexity index is 338. The van der Waals surface area contributed by atoms with E-state index in [1.807, 2.05) is 6.07 Å². The molecule has 1 aromatic carbocycles. The van der Waals surface area contributed by atoms with E-state index in [0.29, 0.717) is 18.4 Å². The number of nitrogens with zero attached hydrogens (tertiary/aromatic N) is 1. The highest BCUT2D eigenvalue weighted by atomic mass is 14.9. The standard InChI is InChI=1S/C15H22N2/c1-13(2)15(14-9-5-3-6-10-14)17-12-8-4-7-11-16/h3,5-6,9-10,13,15,17H,4,7-8,12H2,1-2H3. The zero-order valence-electron chi connectivity index (χ0n) is 10.8. The lowest BCUT2D eigenvalue weighted by atomic mass is 9.96. The lowest BCUT2D eigenvalue weighted by molar-refractivity contribution is 0.407. The molecule has 0 heterocycles. The van der Waals surface area contributed by atoms with Gasteiger partial charge in [-0.3, -0.25) is 0 Å². The predicted octanol–water partition coefficient (Wildman–Crippen LogP) is 3.67. The van der Waals surface area contributed by atoms with Gasteiger partial charge in [0.25, 0.3) is 0 Å². The Morgan fingerprint density at radius 3 is 2.47 bits per heavy atom. The molecule has 1 atom stereocenters. The Morgan fingerprint density at radius 1 is 1.18 bits per heavy atom. The first-order valence-corrected chi connectivity index (χ1v) is 6.41. The zero-order chi connectivity index (χ0) is 12.5. The lowest BCUT2D eigenvalue weighted by Gasteiger charge is -2.23. The number of hydrogen-bond acceptors (Lipinski definition) is 2. The van der Waals surface area contributed by atoms with Crippen LogP contribution in [0.1, 0.15) is 44.7 Å². The van der Waals surface area contributed by atoms with Gasteiger partial charge in [-0.15, -0.1) is 0 Å². The topological polar surface area (TPSA) is 35.8 Å². The van der Waals surface area contributed by atoms with Crippen LogP contribution in [0.15, 0.2) is 30.3 Å². The van der Waals surface area contributed by atoms with E-state index in [1.54, 1.807) is 0 Å². The van der Waals surface area contributed by atoms with Crippen LogP contribution in [-0.4, -0.2) is 6.54 Å². The van der Waals surface area contributed by atoms with E-state index in [2.05, 4.69) is 49.5 Å². The lowest BCUT2D eigenvalue weighted by Crippen LogP contribution is -2.26. The summed E-state index contributed by atoms with van der Waals surface area (Å²) in [6.07, 6.45) is 2.73. The van der Waals surface area contributed by atoms with Crippen LogP contribution in [0.25, 0.3) is 0 Å². The number of nitrogens with one attached hydrogen (secondary N) is 1. The maximum atomic E-state index is 8.47. The molecule has 1 N–H and O–H groups in total. The molecular formula is C15H22N2. The third kappa shape index (κ3) is 5.01. The van der Waals surface area contributed by atoms with Crippen LogP contribution in [0, 0.1) is 17.2 Å². The van der Waals surface area contributed by atoms with E-state index in [4.69, 9.17) is 5.26 Å². The van der Waals surface area contributed by atoms with Gasteiger partial charge in [-0.2, -0.15) is 5.26 Å². The van der Waals surface area contributed by atoms with Gasteiger partial charge in [0.2, 0.25) is 0 Å². The number of nitriles is 1. The van der Waals surface area contributed by atoms with E-state index >= 15 is 0 Å². The minimum absolute atomic E-state index is 0.415. The highest BCUT2D eigenvalue weighted by Crippen LogP contribution is 2.21. The fourth-order valence-corrected chi connectivity index (χ4v) is 1.99. The number of hydrogen-bond donors (Lipinski definition) is 1. The largest absolute Gasteiger partial charge is 0.310 e. The summed E-state index contributed by atoms with van der Waals surface area (Å²) in [7, 11) is 0. The molecule has 0 spiro atoms. The summed E-state index contributed by atoms with van der Waals surface area (Å²) in [5, 5.41) is 12.1. The van der Waals surface area contributed by atoms with Crippen molar-refractivity contribution in [1.82, 2.24) is 5.32 Å². The molecule has 92 valence electrons. The molecule has 2 heteroatoms. The Balaban J connectivity index is 2.43. The summed E-state index contributed by atoms with van der Waals surface area (Å²) >= 11 is 0. The van der Waals surface area contributed by atoms with Gasteiger partial charge >= 0.3 is 0 Å². The molecule has 0 aliphatic rings. The zero-order valence-corrected chi connectivity index (χ0v) is 10.8. The van der Waals surface area contributed by atoms with Crippen LogP contribution >= 0.6 is 0 Å². The second kappa shape index (κ2) is 7.86.